The lowest BCUT2D eigenvalue weighted by molar-refractivity contribution is -0.384. The molecule has 0 aliphatic carbocycles. The van der Waals surface area contributed by atoms with E-state index in [-0.39, 0.29) is 17.8 Å². The smallest absolute Gasteiger partial charge is 0.271 e. The first kappa shape index (κ1) is 23.3. The Balaban J connectivity index is 2.43. The second-order valence-corrected chi connectivity index (χ2v) is 9.34. The van der Waals surface area contributed by atoms with Gasteiger partial charge in [0.25, 0.3) is 5.69 Å². The monoisotopic (exact) mass is 433 g/mol. The Morgan fingerprint density at radius 2 is 1.77 bits per heavy atom. The van der Waals surface area contributed by atoms with Gasteiger partial charge in [-0.05, 0) is 42.5 Å². The molecule has 0 fully saturated rings. The molecule has 8 nitrogen and oxygen atoms in total. The van der Waals surface area contributed by atoms with Crippen LogP contribution in [-0.4, -0.2) is 31.5 Å². The number of aryl methyl sites for hydroxylation is 1. The fourth-order valence-electron chi connectivity index (χ4n) is 3.16. The van der Waals surface area contributed by atoms with Crippen molar-refractivity contribution in [3.8, 4) is 0 Å². The van der Waals surface area contributed by atoms with Gasteiger partial charge < -0.3 is 5.32 Å². The molecule has 2 aromatic carbocycles. The molecule has 0 heterocycles. The van der Waals surface area contributed by atoms with E-state index in [0.717, 1.165) is 16.1 Å². The van der Waals surface area contributed by atoms with Gasteiger partial charge in [0.2, 0.25) is 15.9 Å². The van der Waals surface area contributed by atoms with Crippen LogP contribution in [0.1, 0.15) is 44.2 Å². The minimum Gasteiger partial charge on any atom is -0.324 e. The summed E-state index contributed by atoms with van der Waals surface area (Å²) in [5.74, 6) is -0.165. The van der Waals surface area contributed by atoms with Gasteiger partial charge in [0.05, 0.1) is 16.9 Å². The SMILES string of the molecule is CC[C@@H](C(=O)Nc1ccc(C(C)C)cc1)N(c1cc([N+](=O)[O-])ccc1C)S(C)(=O)=O. The number of non-ortho nitro benzene ring substituents is 1. The van der Waals surface area contributed by atoms with Crippen LogP contribution in [0.25, 0.3) is 0 Å². The summed E-state index contributed by atoms with van der Waals surface area (Å²) in [7, 11) is -3.90. The highest BCUT2D eigenvalue weighted by molar-refractivity contribution is 7.92. The average molecular weight is 434 g/mol. The Bertz CT molecular complexity index is 1030. The molecular formula is C21H27N3O5S. The highest BCUT2D eigenvalue weighted by Crippen LogP contribution is 2.30. The number of benzene rings is 2. The first-order chi connectivity index (χ1) is 14.0. The third kappa shape index (κ3) is 5.35. The molecule has 1 N–H and O–H groups in total. The maximum Gasteiger partial charge on any atom is 0.271 e. The molecule has 0 saturated carbocycles. The molecule has 1 atom stereocenters. The molecule has 0 saturated heterocycles. The molecule has 0 spiro atoms. The van der Waals surface area contributed by atoms with Crippen LogP contribution in [0.3, 0.4) is 0 Å². The highest BCUT2D eigenvalue weighted by atomic mass is 32.2. The minimum atomic E-state index is -3.90. The van der Waals surface area contributed by atoms with Crippen LogP contribution in [0.2, 0.25) is 0 Å². The van der Waals surface area contributed by atoms with Crippen LogP contribution >= 0.6 is 0 Å². The number of hydrogen-bond acceptors (Lipinski definition) is 5. The molecule has 0 bridgehead atoms. The number of anilines is 2. The molecule has 9 heteroatoms. The van der Waals surface area contributed by atoms with Crippen LogP contribution in [-0.2, 0) is 14.8 Å². The second-order valence-electron chi connectivity index (χ2n) is 7.48. The number of nitro benzene ring substituents is 1. The third-order valence-corrected chi connectivity index (χ3v) is 5.98. The van der Waals surface area contributed by atoms with E-state index in [1.54, 1.807) is 26.0 Å². The van der Waals surface area contributed by atoms with Crippen molar-refractivity contribution < 1.29 is 18.1 Å². The average Bonchev–Trinajstić information content (AvgIpc) is 2.66. The predicted octanol–water partition coefficient (Wildman–Crippen LogP) is 4.21. The normalized spacial score (nSPS) is 12.5. The van der Waals surface area contributed by atoms with Crippen molar-refractivity contribution in [2.75, 3.05) is 15.9 Å². The van der Waals surface area contributed by atoms with Crippen molar-refractivity contribution in [3.63, 3.8) is 0 Å². The van der Waals surface area contributed by atoms with Crippen molar-refractivity contribution in [3.05, 3.63) is 63.7 Å². The lowest BCUT2D eigenvalue weighted by Crippen LogP contribution is -2.47. The second kappa shape index (κ2) is 9.25. The zero-order chi connectivity index (χ0) is 22.6. The molecule has 1 amide bonds. The standard InChI is InChI=1S/C21H27N3O5S/c1-6-19(21(25)22-17-10-8-16(9-11-17)14(2)3)23(30(5,28)29)20-13-18(24(26)27)12-7-15(20)4/h7-14,19H,6H2,1-5H3,(H,22,25)/t19-/m0/s1. The molecule has 162 valence electrons. The number of sulfonamides is 1. The van der Waals surface area contributed by atoms with Gasteiger partial charge in [-0.15, -0.1) is 0 Å². The Morgan fingerprint density at radius 1 is 1.17 bits per heavy atom. The summed E-state index contributed by atoms with van der Waals surface area (Å²) in [6, 6.07) is 10.2. The number of hydrogen-bond donors (Lipinski definition) is 1. The zero-order valence-corrected chi connectivity index (χ0v) is 18.6. The summed E-state index contributed by atoms with van der Waals surface area (Å²) in [5, 5.41) is 13.9. The summed E-state index contributed by atoms with van der Waals surface area (Å²) in [5.41, 5.74) is 2.04. The topological polar surface area (TPSA) is 110 Å². The van der Waals surface area contributed by atoms with E-state index >= 15 is 0 Å². The molecule has 0 unspecified atom stereocenters. The minimum absolute atomic E-state index is 0.115. The molecule has 0 aliphatic rings. The first-order valence-electron chi connectivity index (χ1n) is 9.61. The van der Waals surface area contributed by atoms with Crippen LogP contribution in [0.4, 0.5) is 17.1 Å². The molecule has 2 aromatic rings. The number of carbonyl (C=O) groups is 1. The maximum absolute atomic E-state index is 13.0. The summed E-state index contributed by atoms with van der Waals surface area (Å²) in [6.07, 6.45) is 1.17. The van der Waals surface area contributed by atoms with E-state index in [1.807, 2.05) is 12.1 Å². The lowest BCUT2D eigenvalue weighted by atomic mass is 10.0. The third-order valence-electron chi connectivity index (χ3n) is 4.82. The van der Waals surface area contributed by atoms with E-state index in [1.165, 1.54) is 18.2 Å². The largest absolute Gasteiger partial charge is 0.324 e. The number of nitro groups is 1. The van der Waals surface area contributed by atoms with Crippen molar-refractivity contribution >= 4 is 33.0 Å². The number of carbonyl (C=O) groups excluding carboxylic acids is 1. The van der Waals surface area contributed by atoms with Gasteiger partial charge in [-0.25, -0.2) is 8.42 Å². The zero-order valence-electron chi connectivity index (χ0n) is 17.7. The molecule has 30 heavy (non-hydrogen) atoms. The Kier molecular flexibility index (Phi) is 7.20. The fourth-order valence-corrected chi connectivity index (χ4v) is 4.42. The quantitative estimate of drug-likeness (QED) is 0.495. The van der Waals surface area contributed by atoms with E-state index in [0.29, 0.717) is 17.2 Å². The molecule has 0 aliphatic heterocycles. The molecular weight excluding hydrogens is 406 g/mol. The summed E-state index contributed by atoms with van der Waals surface area (Å²) in [6.45, 7) is 7.46. The highest BCUT2D eigenvalue weighted by Gasteiger charge is 2.33. The fraction of sp³-hybridized carbons (Fsp3) is 0.381. The van der Waals surface area contributed by atoms with Crippen molar-refractivity contribution in [2.45, 2.75) is 46.1 Å². The summed E-state index contributed by atoms with van der Waals surface area (Å²) >= 11 is 0. The van der Waals surface area contributed by atoms with Gasteiger partial charge in [0.1, 0.15) is 6.04 Å². The predicted molar refractivity (Wildman–Crippen MR) is 118 cm³/mol. The van der Waals surface area contributed by atoms with Crippen molar-refractivity contribution in [2.24, 2.45) is 0 Å². The number of rotatable bonds is 8. The Labute approximate surface area is 177 Å². The van der Waals surface area contributed by atoms with Gasteiger partial charge in [-0.1, -0.05) is 39.0 Å². The first-order valence-corrected chi connectivity index (χ1v) is 11.5. The molecule has 2 rings (SSSR count). The summed E-state index contributed by atoms with van der Waals surface area (Å²) in [4.78, 5) is 23.6. The molecule has 0 radical (unpaired) electrons. The maximum atomic E-state index is 13.0. The number of nitrogens with one attached hydrogen (secondary N) is 1. The number of amides is 1. The van der Waals surface area contributed by atoms with Gasteiger partial charge in [-0.3, -0.25) is 19.2 Å². The van der Waals surface area contributed by atoms with E-state index < -0.39 is 26.9 Å². The van der Waals surface area contributed by atoms with Crippen LogP contribution in [0, 0.1) is 17.0 Å². The van der Waals surface area contributed by atoms with Gasteiger partial charge in [0.15, 0.2) is 0 Å². The Morgan fingerprint density at radius 3 is 2.23 bits per heavy atom. The van der Waals surface area contributed by atoms with Crippen LogP contribution < -0.4 is 9.62 Å². The Hall–Kier alpha value is -2.94. The van der Waals surface area contributed by atoms with Gasteiger partial charge in [-0.2, -0.15) is 0 Å². The summed E-state index contributed by atoms with van der Waals surface area (Å²) < 4.78 is 26.2. The van der Waals surface area contributed by atoms with Gasteiger partial charge >= 0.3 is 0 Å². The lowest BCUT2D eigenvalue weighted by Gasteiger charge is -2.31. The number of nitrogens with zero attached hydrogens (tertiary/aromatic N) is 2. The van der Waals surface area contributed by atoms with Crippen LogP contribution in [0.15, 0.2) is 42.5 Å². The van der Waals surface area contributed by atoms with E-state index in [4.69, 9.17) is 0 Å². The van der Waals surface area contributed by atoms with E-state index in [9.17, 15) is 23.3 Å². The van der Waals surface area contributed by atoms with Crippen molar-refractivity contribution in [1.29, 1.82) is 0 Å². The van der Waals surface area contributed by atoms with Crippen LogP contribution in [0.5, 0.6) is 0 Å². The van der Waals surface area contributed by atoms with Crippen molar-refractivity contribution in [1.82, 2.24) is 0 Å². The van der Waals surface area contributed by atoms with E-state index in [2.05, 4.69) is 19.2 Å². The molecule has 0 aromatic heterocycles. The van der Waals surface area contributed by atoms with Gasteiger partial charge in [0, 0.05) is 17.8 Å².